The van der Waals surface area contributed by atoms with Gasteiger partial charge in [-0.25, -0.2) is 4.39 Å². The maximum atomic E-state index is 13.1. The molecule has 0 aromatic heterocycles. The first kappa shape index (κ1) is 12.1. The fourth-order valence-corrected chi connectivity index (χ4v) is 3.01. The Bertz CT molecular complexity index is 411. The van der Waals surface area contributed by atoms with E-state index >= 15 is 0 Å². The van der Waals surface area contributed by atoms with Crippen molar-refractivity contribution < 1.29 is 9.13 Å². The minimum Gasteiger partial charge on any atom is -0.381 e. The summed E-state index contributed by atoms with van der Waals surface area (Å²) in [5, 5.41) is 3.66. The molecule has 0 atom stereocenters. The van der Waals surface area contributed by atoms with Crippen molar-refractivity contribution in [2.75, 3.05) is 7.11 Å². The molecule has 2 saturated carbocycles. The molecule has 3 rings (SSSR count). The van der Waals surface area contributed by atoms with Gasteiger partial charge in [0.25, 0.3) is 0 Å². The van der Waals surface area contributed by atoms with Crippen LogP contribution in [-0.2, 0) is 4.74 Å². The van der Waals surface area contributed by atoms with Crippen LogP contribution >= 0.6 is 0 Å². The van der Waals surface area contributed by atoms with Gasteiger partial charge in [0.1, 0.15) is 5.82 Å². The van der Waals surface area contributed by atoms with Crippen molar-refractivity contribution in [1.82, 2.24) is 5.32 Å². The summed E-state index contributed by atoms with van der Waals surface area (Å²) in [6.45, 7) is 0. The van der Waals surface area contributed by atoms with Crippen LogP contribution in [0, 0.1) is 5.82 Å². The molecule has 1 aromatic rings. The van der Waals surface area contributed by atoms with E-state index in [0.29, 0.717) is 24.1 Å². The van der Waals surface area contributed by atoms with Gasteiger partial charge in [0.05, 0.1) is 6.10 Å². The predicted molar refractivity (Wildman–Crippen MR) is 69.1 cm³/mol. The monoisotopic (exact) mass is 249 g/mol. The van der Waals surface area contributed by atoms with E-state index in [1.807, 2.05) is 6.07 Å². The number of rotatable bonds is 4. The van der Waals surface area contributed by atoms with Crippen LogP contribution in [0.1, 0.15) is 37.2 Å². The number of benzene rings is 1. The summed E-state index contributed by atoms with van der Waals surface area (Å²) in [4.78, 5) is 0. The second-order valence-corrected chi connectivity index (χ2v) is 5.61. The standard InChI is InChI=1S/C15H20FNO/c1-18-15-8-14(9-15)17-13-6-11(7-13)10-3-2-4-12(16)5-10/h2-5,11,13-15,17H,6-9H2,1H3. The molecule has 2 aliphatic rings. The van der Waals surface area contributed by atoms with Crippen LogP contribution in [0.15, 0.2) is 24.3 Å². The van der Waals surface area contributed by atoms with Crippen molar-refractivity contribution in [3.8, 4) is 0 Å². The van der Waals surface area contributed by atoms with E-state index in [1.165, 1.54) is 6.07 Å². The number of hydrogen-bond acceptors (Lipinski definition) is 2. The molecule has 18 heavy (non-hydrogen) atoms. The number of ether oxygens (including phenoxy) is 1. The number of hydrogen-bond donors (Lipinski definition) is 1. The predicted octanol–water partition coefficient (Wildman–Crippen LogP) is 2.84. The van der Waals surface area contributed by atoms with Crippen molar-refractivity contribution in [1.29, 1.82) is 0 Å². The minimum absolute atomic E-state index is 0.120. The highest BCUT2D eigenvalue weighted by Crippen LogP contribution is 2.38. The van der Waals surface area contributed by atoms with Crippen molar-refractivity contribution in [2.24, 2.45) is 0 Å². The van der Waals surface area contributed by atoms with E-state index in [2.05, 4.69) is 5.32 Å². The molecule has 0 unspecified atom stereocenters. The first-order valence-corrected chi connectivity index (χ1v) is 6.79. The Hall–Kier alpha value is -0.930. The van der Waals surface area contributed by atoms with E-state index in [-0.39, 0.29) is 5.82 Å². The molecule has 0 radical (unpaired) electrons. The van der Waals surface area contributed by atoms with Gasteiger partial charge in [-0.2, -0.15) is 0 Å². The van der Waals surface area contributed by atoms with Crippen molar-refractivity contribution in [2.45, 2.75) is 49.8 Å². The summed E-state index contributed by atoms with van der Waals surface area (Å²) in [7, 11) is 1.78. The van der Waals surface area contributed by atoms with Crippen molar-refractivity contribution >= 4 is 0 Å². The molecule has 2 nitrogen and oxygen atoms in total. The lowest BCUT2D eigenvalue weighted by molar-refractivity contribution is 0.00998. The van der Waals surface area contributed by atoms with Crippen LogP contribution in [0.4, 0.5) is 4.39 Å². The van der Waals surface area contributed by atoms with E-state index in [0.717, 1.165) is 31.2 Å². The van der Waals surface area contributed by atoms with E-state index in [9.17, 15) is 4.39 Å². The molecule has 3 heteroatoms. The second kappa shape index (κ2) is 4.98. The number of halogens is 1. The zero-order valence-corrected chi connectivity index (χ0v) is 10.7. The van der Waals surface area contributed by atoms with Crippen LogP contribution in [0.3, 0.4) is 0 Å². The van der Waals surface area contributed by atoms with Gasteiger partial charge in [0, 0.05) is 19.2 Å². The van der Waals surface area contributed by atoms with Gasteiger partial charge < -0.3 is 10.1 Å². The van der Waals surface area contributed by atoms with Gasteiger partial charge in [-0.15, -0.1) is 0 Å². The molecule has 2 aliphatic carbocycles. The Morgan fingerprint density at radius 3 is 2.56 bits per heavy atom. The average molecular weight is 249 g/mol. The molecule has 2 fully saturated rings. The third-order valence-electron chi connectivity index (χ3n) is 4.36. The fourth-order valence-electron chi connectivity index (χ4n) is 3.01. The quantitative estimate of drug-likeness (QED) is 0.886. The van der Waals surface area contributed by atoms with Crippen LogP contribution in [0.5, 0.6) is 0 Å². The molecule has 0 amide bonds. The van der Waals surface area contributed by atoms with Gasteiger partial charge in [-0.05, 0) is 49.3 Å². The van der Waals surface area contributed by atoms with Crippen LogP contribution in [0.2, 0.25) is 0 Å². The summed E-state index contributed by atoms with van der Waals surface area (Å²) in [6, 6.07) is 8.27. The Morgan fingerprint density at radius 1 is 1.17 bits per heavy atom. The zero-order chi connectivity index (χ0) is 12.5. The number of nitrogens with one attached hydrogen (secondary N) is 1. The third kappa shape index (κ3) is 2.43. The van der Waals surface area contributed by atoms with Crippen LogP contribution in [-0.4, -0.2) is 25.3 Å². The van der Waals surface area contributed by atoms with Crippen LogP contribution in [0.25, 0.3) is 0 Å². The van der Waals surface area contributed by atoms with Crippen LogP contribution < -0.4 is 5.32 Å². The summed E-state index contributed by atoms with van der Waals surface area (Å²) in [5.41, 5.74) is 1.15. The topological polar surface area (TPSA) is 21.3 Å². The summed E-state index contributed by atoms with van der Waals surface area (Å²) >= 11 is 0. The highest BCUT2D eigenvalue weighted by molar-refractivity contribution is 5.23. The van der Waals surface area contributed by atoms with E-state index in [4.69, 9.17) is 4.74 Å². The van der Waals surface area contributed by atoms with Crippen molar-refractivity contribution in [3.63, 3.8) is 0 Å². The zero-order valence-electron chi connectivity index (χ0n) is 10.7. The molecule has 0 saturated heterocycles. The lowest BCUT2D eigenvalue weighted by Gasteiger charge is -2.43. The van der Waals surface area contributed by atoms with Gasteiger partial charge in [-0.1, -0.05) is 12.1 Å². The first-order valence-electron chi connectivity index (χ1n) is 6.79. The lowest BCUT2D eigenvalue weighted by atomic mass is 9.74. The number of methoxy groups -OCH3 is 1. The largest absolute Gasteiger partial charge is 0.381 e. The lowest BCUT2D eigenvalue weighted by Crippen LogP contribution is -2.52. The molecular weight excluding hydrogens is 229 g/mol. The maximum Gasteiger partial charge on any atom is 0.123 e. The maximum absolute atomic E-state index is 13.1. The van der Waals surface area contributed by atoms with Crippen molar-refractivity contribution in [3.05, 3.63) is 35.6 Å². The molecule has 98 valence electrons. The second-order valence-electron chi connectivity index (χ2n) is 5.61. The van der Waals surface area contributed by atoms with Gasteiger partial charge in [0.2, 0.25) is 0 Å². The van der Waals surface area contributed by atoms with Gasteiger partial charge in [0.15, 0.2) is 0 Å². The molecule has 0 spiro atoms. The summed E-state index contributed by atoms with van der Waals surface area (Å²) in [5.74, 6) is 0.419. The normalized spacial score (nSPS) is 34.8. The summed E-state index contributed by atoms with van der Waals surface area (Å²) < 4.78 is 18.4. The molecule has 1 N–H and O–H groups in total. The molecule has 0 aliphatic heterocycles. The Kier molecular flexibility index (Phi) is 3.35. The Balaban J connectivity index is 1.44. The smallest absolute Gasteiger partial charge is 0.123 e. The fraction of sp³-hybridized carbons (Fsp3) is 0.600. The molecule has 0 heterocycles. The average Bonchev–Trinajstić information content (AvgIpc) is 2.24. The molecular formula is C15H20FNO. The molecule has 1 aromatic carbocycles. The van der Waals surface area contributed by atoms with E-state index in [1.54, 1.807) is 19.2 Å². The summed E-state index contributed by atoms with van der Waals surface area (Å²) in [6.07, 6.45) is 5.01. The van der Waals surface area contributed by atoms with Gasteiger partial charge in [-0.3, -0.25) is 0 Å². The van der Waals surface area contributed by atoms with E-state index < -0.39 is 0 Å². The molecule has 0 bridgehead atoms. The Morgan fingerprint density at radius 2 is 1.89 bits per heavy atom. The highest BCUT2D eigenvalue weighted by Gasteiger charge is 2.36. The third-order valence-corrected chi connectivity index (χ3v) is 4.36. The SMILES string of the molecule is COC1CC(NC2CC(c3cccc(F)c3)C2)C1. The highest BCUT2D eigenvalue weighted by atomic mass is 19.1. The Labute approximate surface area is 108 Å². The minimum atomic E-state index is -0.120. The van der Waals surface area contributed by atoms with Gasteiger partial charge >= 0.3 is 0 Å². The first-order chi connectivity index (χ1) is 8.74.